The summed E-state index contributed by atoms with van der Waals surface area (Å²) in [6, 6.07) is 5.30. The van der Waals surface area contributed by atoms with Crippen molar-refractivity contribution in [3.05, 3.63) is 34.1 Å². The Bertz CT molecular complexity index is 648. The number of hydrogen-bond donors (Lipinski definition) is 0. The maximum absolute atomic E-state index is 6.21. The molecule has 0 amide bonds. The van der Waals surface area contributed by atoms with E-state index in [0.29, 0.717) is 27.5 Å². The summed E-state index contributed by atoms with van der Waals surface area (Å²) in [4.78, 5) is 8.77. The van der Waals surface area contributed by atoms with Gasteiger partial charge < -0.3 is 9.47 Å². The number of methoxy groups -OCH3 is 2. The molecular formula is C15H16Cl2N2O2. The van der Waals surface area contributed by atoms with Gasteiger partial charge in [0.2, 0.25) is 0 Å². The Morgan fingerprint density at radius 3 is 2.43 bits per heavy atom. The van der Waals surface area contributed by atoms with Gasteiger partial charge in [0.1, 0.15) is 5.15 Å². The molecular weight excluding hydrogens is 311 g/mol. The second kappa shape index (κ2) is 6.96. The summed E-state index contributed by atoms with van der Waals surface area (Å²) in [5, 5.41) is 0.849. The summed E-state index contributed by atoms with van der Waals surface area (Å²) in [6.45, 7) is 2.09. The Morgan fingerprint density at radius 1 is 1.05 bits per heavy atom. The Morgan fingerprint density at radius 2 is 1.81 bits per heavy atom. The first-order valence-corrected chi connectivity index (χ1v) is 7.30. The van der Waals surface area contributed by atoms with Crippen LogP contribution in [0.5, 0.6) is 11.5 Å². The van der Waals surface area contributed by atoms with Crippen molar-refractivity contribution in [2.45, 2.75) is 19.8 Å². The highest BCUT2D eigenvalue weighted by molar-refractivity contribution is 6.32. The molecule has 0 fully saturated rings. The number of aryl methyl sites for hydroxylation is 1. The van der Waals surface area contributed by atoms with Gasteiger partial charge in [-0.25, -0.2) is 9.97 Å². The van der Waals surface area contributed by atoms with Crippen LogP contribution in [-0.2, 0) is 6.42 Å². The first-order valence-electron chi connectivity index (χ1n) is 6.54. The summed E-state index contributed by atoms with van der Waals surface area (Å²) in [6.07, 6.45) is 1.83. The number of ether oxygens (including phenoxy) is 2. The quantitative estimate of drug-likeness (QED) is 0.763. The molecule has 2 aromatic rings. The van der Waals surface area contributed by atoms with Crippen LogP contribution in [0.3, 0.4) is 0 Å². The van der Waals surface area contributed by atoms with Gasteiger partial charge in [-0.2, -0.15) is 0 Å². The third-order valence-corrected chi connectivity index (χ3v) is 3.42. The predicted molar refractivity (Wildman–Crippen MR) is 84.6 cm³/mol. The number of aromatic nitrogens is 2. The summed E-state index contributed by atoms with van der Waals surface area (Å²) >= 11 is 12.3. The maximum atomic E-state index is 6.21. The Kier molecular flexibility index (Phi) is 5.26. The third-order valence-electron chi connectivity index (χ3n) is 2.95. The normalized spacial score (nSPS) is 10.5. The van der Waals surface area contributed by atoms with E-state index in [1.807, 2.05) is 0 Å². The van der Waals surface area contributed by atoms with Crippen molar-refractivity contribution in [2.75, 3.05) is 14.2 Å². The van der Waals surface area contributed by atoms with E-state index in [2.05, 4.69) is 16.9 Å². The molecule has 0 spiro atoms. The molecule has 0 N–H and O–H groups in total. The van der Waals surface area contributed by atoms with Gasteiger partial charge in [-0.05, 0) is 24.6 Å². The fourth-order valence-electron chi connectivity index (χ4n) is 2.02. The minimum atomic E-state index is 0.411. The molecule has 0 unspecified atom stereocenters. The van der Waals surface area contributed by atoms with Gasteiger partial charge in [-0.1, -0.05) is 36.5 Å². The molecule has 1 heterocycles. The van der Waals surface area contributed by atoms with E-state index in [0.717, 1.165) is 24.1 Å². The Hall–Kier alpha value is -1.52. The number of nitrogens with zero attached hydrogens (tertiary/aromatic N) is 2. The molecule has 21 heavy (non-hydrogen) atoms. The van der Waals surface area contributed by atoms with Gasteiger partial charge in [0.05, 0.1) is 19.2 Å². The first-order chi connectivity index (χ1) is 10.1. The number of hydrogen-bond acceptors (Lipinski definition) is 4. The largest absolute Gasteiger partial charge is 0.493 e. The van der Waals surface area contributed by atoms with Gasteiger partial charge in [-0.15, -0.1) is 0 Å². The average molecular weight is 327 g/mol. The SMILES string of the molecule is CCCc1cc(Cl)nc(-c2cc(Cl)c(OC)c(OC)c2)n1. The van der Waals surface area contributed by atoms with Crippen LogP contribution in [0.15, 0.2) is 18.2 Å². The van der Waals surface area contributed by atoms with Crippen LogP contribution in [0.1, 0.15) is 19.0 Å². The monoisotopic (exact) mass is 326 g/mol. The van der Waals surface area contributed by atoms with E-state index >= 15 is 0 Å². The molecule has 0 saturated heterocycles. The zero-order valence-corrected chi connectivity index (χ0v) is 13.6. The minimum Gasteiger partial charge on any atom is -0.493 e. The Labute approximate surface area is 134 Å². The number of rotatable bonds is 5. The van der Waals surface area contributed by atoms with Gasteiger partial charge >= 0.3 is 0 Å². The smallest absolute Gasteiger partial charge is 0.179 e. The molecule has 1 aromatic heterocycles. The fourth-order valence-corrected chi connectivity index (χ4v) is 2.52. The predicted octanol–water partition coefficient (Wildman–Crippen LogP) is 4.42. The zero-order chi connectivity index (χ0) is 15.4. The molecule has 0 aliphatic heterocycles. The molecule has 0 atom stereocenters. The molecule has 0 radical (unpaired) electrons. The summed E-state index contributed by atoms with van der Waals surface area (Å²) in [5.41, 5.74) is 1.64. The topological polar surface area (TPSA) is 44.2 Å². The highest BCUT2D eigenvalue weighted by atomic mass is 35.5. The second-order valence-corrected chi connectivity index (χ2v) is 5.24. The Balaban J connectivity index is 2.53. The number of halogens is 2. The van der Waals surface area contributed by atoms with Crippen molar-refractivity contribution >= 4 is 23.2 Å². The van der Waals surface area contributed by atoms with Crippen LogP contribution in [0.2, 0.25) is 10.2 Å². The van der Waals surface area contributed by atoms with E-state index in [4.69, 9.17) is 32.7 Å². The van der Waals surface area contributed by atoms with Crippen LogP contribution >= 0.6 is 23.2 Å². The van der Waals surface area contributed by atoms with Crippen LogP contribution < -0.4 is 9.47 Å². The standard InChI is InChI=1S/C15H16Cl2N2O2/c1-4-5-10-8-13(17)19-15(18-10)9-6-11(16)14(21-3)12(7-9)20-2/h6-8H,4-5H2,1-3H3. The molecule has 2 rings (SSSR count). The molecule has 4 nitrogen and oxygen atoms in total. The lowest BCUT2D eigenvalue weighted by atomic mass is 10.1. The summed E-state index contributed by atoms with van der Waals surface area (Å²) < 4.78 is 10.5. The van der Waals surface area contributed by atoms with Crippen LogP contribution in [0.25, 0.3) is 11.4 Å². The molecule has 1 aromatic carbocycles. The molecule has 0 aliphatic carbocycles. The molecule has 0 bridgehead atoms. The van der Waals surface area contributed by atoms with Crippen molar-refractivity contribution in [2.24, 2.45) is 0 Å². The lowest BCUT2D eigenvalue weighted by molar-refractivity contribution is 0.355. The highest BCUT2D eigenvalue weighted by Gasteiger charge is 2.14. The van der Waals surface area contributed by atoms with Gasteiger partial charge in [-0.3, -0.25) is 0 Å². The molecule has 6 heteroatoms. The zero-order valence-electron chi connectivity index (χ0n) is 12.1. The van der Waals surface area contributed by atoms with E-state index in [1.54, 1.807) is 32.4 Å². The van der Waals surface area contributed by atoms with Crippen molar-refractivity contribution < 1.29 is 9.47 Å². The molecule has 0 saturated carbocycles. The second-order valence-electron chi connectivity index (χ2n) is 4.45. The van der Waals surface area contributed by atoms with E-state index in [9.17, 15) is 0 Å². The maximum Gasteiger partial charge on any atom is 0.179 e. The van der Waals surface area contributed by atoms with Crippen molar-refractivity contribution in [1.82, 2.24) is 9.97 Å². The highest BCUT2D eigenvalue weighted by Crippen LogP contribution is 2.38. The van der Waals surface area contributed by atoms with Gasteiger partial charge in [0.25, 0.3) is 0 Å². The minimum absolute atomic E-state index is 0.411. The summed E-state index contributed by atoms with van der Waals surface area (Å²) in [7, 11) is 3.10. The van der Waals surface area contributed by atoms with Crippen molar-refractivity contribution in [1.29, 1.82) is 0 Å². The van der Waals surface area contributed by atoms with Gasteiger partial charge in [0.15, 0.2) is 17.3 Å². The number of benzene rings is 1. The molecule has 112 valence electrons. The van der Waals surface area contributed by atoms with Crippen LogP contribution in [0.4, 0.5) is 0 Å². The van der Waals surface area contributed by atoms with Crippen LogP contribution in [0, 0.1) is 0 Å². The van der Waals surface area contributed by atoms with Gasteiger partial charge in [0, 0.05) is 11.3 Å². The lowest BCUT2D eigenvalue weighted by Crippen LogP contribution is -1.98. The van der Waals surface area contributed by atoms with Crippen LogP contribution in [-0.4, -0.2) is 24.2 Å². The van der Waals surface area contributed by atoms with E-state index in [-0.39, 0.29) is 0 Å². The first kappa shape index (κ1) is 15.9. The average Bonchev–Trinajstić information content (AvgIpc) is 2.46. The van der Waals surface area contributed by atoms with E-state index in [1.165, 1.54) is 0 Å². The lowest BCUT2D eigenvalue weighted by Gasteiger charge is -2.12. The summed E-state index contributed by atoms with van der Waals surface area (Å²) in [5.74, 6) is 1.54. The molecule has 0 aliphatic rings. The fraction of sp³-hybridized carbons (Fsp3) is 0.333. The van der Waals surface area contributed by atoms with Crippen molar-refractivity contribution in [3.8, 4) is 22.9 Å². The third kappa shape index (κ3) is 3.57. The van der Waals surface area contributed by atoms with Crippen molar-refractivity contribution in [3.63, 3.8) is 0 Å². The van der Waals surface area contributed by atoms with E-state index < -0.39 is 0 Å².